The smallest absolute Gasteiger partial charge is 0.120 e. The number of ether oxygens (including phenoxy) is 2. The molecule has 1 aromatic rings. The Bertz CT molecular complexity index is 382. The quantitative estimate of drug-likeness (QED) is 0.736. The fourth-order valence-electron chi connectivity index (χ4n) is 1.64. The monoisotopic (exact) mass is 329 g/mol. The van der Waals surface area contributed by atoms with Gasteiger partial charge in [-0.25, -0.2) is 0 Å². The molecule has 0 aliphatic carbocycles. The maximum absolute atomic E-state index is 5.66. The Balaban J connectivity index is 2.41. The standard InChI is InChI=1S/C15H24BrNO2/c1-11(2)10-18-7-8-19-13-5-6-14(12(3)17-4)15(16)9-13/h5-6,9,11-12,17H,7-8,10H2,1-4H3. The zero-order chi connectivity index (χ0) is 14.3. The zero-order valence-corrected chi connectivity index (χ0v) is 13.8. The van der Waals surface area contributed by atoms with Crippen molar-refractivity contribution in [3.05, 3.63) is 28.2 Å². The van der Waals surface area contributed by atoms with E-state index in [2.05, 4.69) is 48.1 Å². The Morgan fingerprint density at radius 3 is 2.53 bits per heavy atom. The van der Waals surface area contributed by atoms with Gasteiger partial charge in [0.15, 0.2) is 0 Å². The van der Waals surface area contributed by atoms with Gasteiger partial charge in [0.05, 0.1) is 6.61 Å². The molecular formula is C15H24BrNO2. The van der Waals surface area contributed by atoms with Crippen LogP contribution in [-0.4, -0.2) is 26.9 Å². The molecule has 0 amide bonds. The minimum absolute atomic E-state index is 0.317. The fourth-order valence-corrected chi connectivity index (χ4v) is 2.34. The van der Waals surface area contributed by atoms with Gasteiger partial charge >= 0.3 is 0 Å². The van der Waals surface area contributed by atoms with E-state index in [4.69, 9.17) is 9.47 Å². The summed E-state index contributed by atoms with van der Waals surface area (Å²) in [6, 6.07) is 6.40. The van der Waals surface area contributed by atoms with Crippen molar-refractivity contribution < 1.29 is 9.47 Å². The van der Waals surface area contributed by atoms with Gasteiger partial charge in [-0.1, -0.05) is 35.8 Å². The average molecular weight is 330 g/mol. The molecule has 0 saturated heterocycles. The Kier molecular flexibility index (Phi) is 7.42. The van der Waals surface area contributed by atoms with Crippen molar-refractivity contribution in [2.24, 2.45) is 5.92 Å². The molecule has 3 nitrogen and oxygen atoms in total. The van der Waals surface area contributed by atoms with Gasteiger partial charge in [0.1, 0.15) is 12.4 Å². The number of rotatable bonds is 8. The summed E-state index contributed by atoms with van der Waals surface area (Å²) >= 11 is 3.58. The number of hydrogen-bond acceptors (Lipinski definition) is 3. The topological polar surface area (TPSA) is 30.5 Å². The molecule has 1 aromatic carbocycles. The van der Waals surface area contributed by atoms with E-state index in [1.165, 1.54) is 5.56 Å². The van der Waals surface area contributed by atoms with E-state index in [1.54, 1.807) is 0 Å². The third-order valence-corrected chi connectivity index (χ3v) is 3.51. The van der Waals surface area contributed by atoms with Crippen LogP contribution >= 0.6 is 15.9 Å². The summed E-state index contributed by atoms with van der Waals surface area (Å²) in [7, 11) is 1.95. The molecule has 19 heavy (non-hydrogen) atoms. The Hall–Kier alpha value is -0.580. The molecule has 0 radical (unpaired) electrons. The molecule has 1 rings (SSSR count). The first kappa shape index (κ1) is 16.5. The molecule has 0 aliphatic rings. The molecule has 1 unspecified atom stereocenters. The molecule has 0 aromatic heterocycles. The first-order valence-electron chi connectivity index (χ1n) is 6.71. The van der Waals surface area contributed by atoms with E-state index in [0.717, 1.165) is 16.8 Å². The predicted molar refractivity (Wildman–Crippen MR) is 82.8 cm³/mol. The Labute approximate surface area is 124 Å². The SMILES string of the molecule is CNC(C)c1ccc(OCCOCC(C)C)cc1Br. The van der Waals surface area contributed by atoms with Crippen molar-refractivity contribution in [2.45, 2.75) is 26.8 Å². The second kappa shape index (κ2) is 8.56. The average Bonchev–Trinajstić information content (AvgIpc) is 2.37. The van der Waals surface area contributed by atoms with Crippen LogP contribution in [0.2, 0.25) is 0 Å². The van der Waals surface area contributed by atoms with Gasteiger partial charge in [-0.2, -0.15) is 0 Å². The van der Waals surface area contributed by atoms with Crippen LogP contribution in [0.25, 0.3) is 0 Å². The highest BCUT2D eigenvalue weighted by Crippen LogP contribution is 2.27. The van der Waals surface area contributed by atoms with Crippen molar-refractivity contribution in [1.29, 1.82) is 0 Å². The Morgan fingerprint density at radius 2 is 1.95 bits per heavy atom. The summed E-state index contributed by atoms with van der Waals surface area (Å²) in [4.78, 5) is 0. The van der Waals surface area contributed by atoms with E-state index >= 15 is 0 Å². The first-order chi connectivity index (χ1) is 9.04. The highest BCUT2D eigenvalue weighted by Gasteiger charge is 2.08. The summed E-state index contributed by atoms with van der Waals surface area (Å²) in [5, 5.41) is 3.22. The van der Waals surface area contributed by atoms with Crippen LogP contribution in [0.3, 0.4) is 0 Å². The maximum Gasteiger partial charge on any atom is 0.120 e. The molecule has 0 spiro atoms. The van der Waals surface area contributed by atoms with Crippen LogP contribution in [-0.2, 0) is 4.74 Å². The van der Waals surface area contributed by atoms with Crippen LogP contribution in [0.5, 0.6) is 5.75 Å². The van der Waals surface area contributed by atoms with Crippen molar-refractivity contribution in [2.75, 3.05) is 26.9 Å². The summed E-state index contributed by atoms with van der Waals surface area (Å²) in [6.45, 7) is 8.40. The van der Waals surface area contributed by atoms with Crippen LogP contribution in [0, 0.1) is 5.92 Å². The lowest BCUT2D eigenvalue weighted by molar-refractivity contribution is 0.0819. The van der Waals surface area contributed by atoms with Crippen LogP contribution in [0.1, 0.15) is 32.4 Å². The molecule has 1 atom stereocenters. The van der Waals surface area contributed by atoms with E-state index in [1.807, 2.05) is 19.2 Å². The number of hydrogen-bond donors (Lipinski definition) is 1. The van der Waals surface area contributed by atoms with Gasteiger partial charge in [-0.15, -0.1) is 0 Å². The summed E-state index contributed by atoms with van der Waals surface area (Å²) in [5.41, 5.74) is 1.23. The molecule has 0 bridgehead atoms. The molecule has 1 N–H and O–H groups in total. The second-order valence-electron chi connectivity index (χ2n) is 5.01. The number of benzene rings is 1. The van der Waals surface area contributed by atoms with E-state index in [0.29, 0.717) is 25.2 Å². The van der Waals surface area contributed by atoms with E-state index in [9.17, 15) is 0 Å². The molecule has 4 heteroatoms. The minimum atomic E-state index is 0.317. The minimum Gasteiger partial charge on any atom is -0.491 e. The van der Waals surface area contributed by atoms with Crippen molar-refractivity contribution in [3.8, 4) is 5.75 Å². The van der Waals surface area contributed by atoms with Crippen LogP contribution in [0.15, 0.2) is 22.7 Å². The lowest BCUT2D eigenvalue weighted by atomic mass is 10.1. The van der Waals surface area contributed by atoms with E-state index < -0.39 is 0 Å². The van der Waals surface area contributed by atoms with Gasteiger partial charge in [0, 0.05) is 17.1 Å². The molecule has 108 valence electrons. The Morgan fingerprint density at radius 1 is 1.21 bits per heavy atom. The van der Waals surface area contributed by atoms with Gasteiger partial charge in [0.2, 0.25) is 0 Å². The predicted octanol–water partition coefficient (Wildman–Crippen LogP) is 3.78. The number of nitrogens with one attached hydrogen (secondary N) is 1. The zero-order valence-electron chi connectivity index (χ0n) is 12.2. The lowest BCUT2D eigenvalue weighted by Gasteiger charge is -2.14. The second-order valence-corrected chi connectivity index (χ2v) is 5.87. The van der Waals surface area contributed by atoms with Crippen molar-refractivity contribution in [3.63, 3.8) is 0 Å². The van der Waals surface area contributed by atoms with Crippen LogP contribution in [0.4, 0.5) is 0 Å². The van der Waals surface area contributed by atoms with E-state index in [-0.39, 0.29) is 0 Å². The highest BCUT2D eigenvalue weighted by molar-refractivity contribution is 9.10. The third-order valence-electron chi connectivity index (χ3n) is 2.82. The molecule has 0 fully saturated rings. The lowest BCUT2D eigenvalue weighted by Crippen LogP contribution is -2.13. The first-order valence-corrected chi connectivity index (χ1v) is 7.51. The maximum atomic E-state index is 5.66. The van der Waals surface area contributed by atoms with Crippen molar-refractivity contribution >= 4 is 15.9 Å². The van der Waals surface area contributed by atoms with Gasteiger partial charge in [-0.05, 0) is 37.6 Å². The number of halogens is 1. The molecule has 0 heterocycles. The van der Waals surface area contributed by atoms with Gasteiger partial charge in [-0.3, -0.25) is 0 Å². The van der Waals surface area contributed by atoms with Gasteiger partial charge < -0.3 is 14.8 Å². The molecule has 0 saturated carbocycles. The van der Waals surface area contributed by atoms with Crippen LogP contribution < -0.4 is 10.1 Å². The fraction of sp³-hybridized carbons (Fsp3) is 0.600. The normalized spacial score (nSPS) is 12.7. The molecular weight excluding hydrogens is 306 g/mol. The third kappa shape index (κ3) is 5.93. The summed E-state index contributed by atoms with van der Waals surface area (Å²) in [5.74, 6) is 1.43. The van der Waals surface area contributed by atoms with Gasteiger partial charge in [0.25, 0.3) is 0 Å². The largest absolute Gasteiger partial charge is 0.491 e. The highest BCUT2D eigenvalue weighted by atomic mass is 79.9. The molecule has 0 aliphatic heterocycles. The summed E-state index contributed by atoms with van der Waals surface area (Å²) < 4.78 is 12.2. The van der Waals surface area contributed by atoms with Crippen molar-refractivity contribution in [1.82, 2.24) is 5.32 Å². The summed E-state index contributed by atoms with van der Waals surface area (Å²) in [6.07, 6.45) is 0.